The van der Waals surface area contributed by atoms with Crippen LogP contribution < -0.4 is 15.4 Å². The van der Waals surface area contributed by atoms with Crippen LogP contribution in [0.5, 0.6) is 5.75 Å². The highest BCUT2D eigenvalue weighted by atomic mass is 19.1. The summed E-state index contributed by atoms with van der Waals surface area (Å²) in [7, 11) is 1.34. The Morgan fingerprint density at radius 3 is 2.13 bits per heavy atom. The number of carbonyl (C=O) groups excluding carboxylic acids is 2. The summed E-state index contributed by atoms with van der Waals surface area (Å²) in [6.07, 6.45) is 10.7. The average Bonchev–Trinajstić information content (AvgIpc) is 3.25. The van der Waals surface area contributed by atoms with E-state index >= 15 is 0 Å². The van der Waals surface area contributed by atoms with Gasteiger partial charge < -0.3 is 25.4 Å². The van der Waals surface area contributed by atoms with Gasteiger partial charge in [0.25, 0.3) is 6.47 Å². The second-order valence-electron chi connectivity index (χ2n) is 10.7. The lowest BCUT2D eigenvalue weighted by Crippen LogP contribution is -2.44. The van der Waals surface area contributed by atoms with Gasteiger partial charge in [0.1, 0.15) is 17.4 Å². The lowest BCUT2D eigenvalue weighted by molar-refractivity contribution is -0.135. The van der Waals surface area contributed by atoms with Crippen LogP contribution in [0.25, 0.3) is 0 Å². The molecule has 1 saturated heterocycles. The first-order valence-electron chi connectivity index (χ1n) is 13.4. The van der Waals surface area contributed by atoms with E-state index in [1.165, 1.54) is 33.0 Å². The molecule has 0 aromatic heterocycles. The summed E-state index contributed by atoms with van der Waals surface area (Å²) in [5.41, 5.74) is -0.200. The van der Waals surface area contributed by atoms with Crippen molar-refractivity contribution in [1.82, 2.24) is 15.5 Å². The fourth-order valence-electron chi connectivity index (χ4n) is 6.67. The summed E-state index contributed by atoms with van der Waals surface area (Å²) >= 11 is 0. The predicted octanol–water partition coefficient (Wildman–Crippen LogP) is 3.11. The highest BCUT2D eigenvalue weighted by molar-refractivity contribution is 5.90. The van der Waals surface area contributed by atoms with Gasteiger partial charge in [0, 0.05) is 30.8 Å². The summed E-state index contributed by atoms with van der Waals surface area (Å²) in [6, 6.07) is 2.20. The van der Waals surface area contributed by atoms with Crippen molar-refractivity contribution in [3.05, 3.63) is 41.5 Å². The third-order valence-corrected chi connectivity index (χ3v) is 8.64. The number of allylic oxidation sites excluding steroid dienone is 2. The first-order chi connectivity index (χ1) is 18.4. The van der Waals surface area contributed by atoms with Gasteiger partial charge in [0.2, 0.25) is 11.8 Å². The molecule has 3 N–H and O–H groups in total. The standard InChI is InChI=1S/C27H35F2N3O3.CH2O2/c1-35-17-14-21(28)18(22(29)15-17)16-31-26(34)24-20-7-6-19(27(20)8-9-27)23(24)25(33)30-10-2-3-11-32-12-4-5-13-32;2-1-3/h6-7,14-15,19-20,23-24H,2-5,8-13,16H2,1H3,(H,30,33)(H,31,34);1H,(H,2,3)/t19-,20+,23-,24-;/m1./s1. The average molecular weight is 534 g/mol. The Labute approximate surface area is 221 Å². The molecule has 2 bridgehead atoms. The molecule has 1 aromatic rings. The summed E-state index contributed by atoms with van der Waals surface area (Å²) in [5.74, 6) is -2.72. The van der Waals surface area contributed by atoms with E-state index in [4.69, 9.17) is 14.6 Å². The number of nitrogens with one attached hydrogen (secondary N) is 2. The minimum atomic E-state index is -0.767. The van der Waals surface area contributed by atoms with Gasteiger partial charge in [-0.2, -0.15) is 0 Å². The van der Waals surface area contributed by atoms with Gasteiger partial charge in [0.05, 0.1) is 18.9 Å². The number of nitrogens with zero attached hydrogens (tertiary/aromatic N) is 1. The normalized spacial score (nSPS) is 26.1. The van der Waals surface area contributed by atoms with Crippen molar-refractivity contribution in [1.29, 1.82) is 0 Å². The van der Waals surface area contributed by atoms with Crippen LogP contribution in [-0.2, 0) is 20.9 Å². The number of likely N-dealkylation sites (tertiary alicyclic amines) is 1. The minimum absolute atomic E-state index is 0.00368. The summed E-state index contributed by atoms with van der Waals surface area (Å²) in [6.45, 7) is 3.50. The van der Waals surface area contributed by atoms with E-state index < -0.39 is 23.5 Å². The number of benzene rings is 1. The zero-order valence-corrected chi connectivity index (χ0v) is 21.8. The largest absolute Gasteiger partial charge is 0.497 e. The summed E-state index contributed by atoms with van der Waals surface area (Å²) in [5, 5.41) is 12.7. The van der Waals surface area contributed by atoms with Crippen molar-refractivity contribution in [3.8, 4) is 5.75 Å². The van der Waals surface area contributed by atoms with Crippen LogP contribution in [0, 0.1) is 40.7 Å². The Bertz CT molecular complexity index is 1030. The Morgan fingerprint density at radius 2 is 1.61 bits per heavy atom. The zero-order chi connectivity index (χ0) is 27.3. The highest BCUT2D eigenvalue weighted by Gasteiger charge is 2.69. The van der Waals surface area contributed by atoms with E-state index in [1.807, 2.05) is 0 Å². The molecule has 3 fully saturated rings. The van der Waals surface area contributed by atoms with Crippen LogP contribution in [0.2, 0.25) is 0 Å². The van der Waals surface area contributed by atoms with Crippen LogP contribution in [0.15, 0.2) is 24.3 Å². The third-order valence-electron chi connectivity index (χ3n) is 8.64. The maximum absolute atomic E-state index is 14.4. The molecule has 5 rings (SSSR count). The van der Waals surface area contributed by atoms with Crippen molar-refractivity contribution in [2.45, 2.75) is 45.1 Å². The zero-order valence-electron chi connectivity index (χ0n) is 21.8. The van der Waals surface area contributed by atoms with Gasteiger partial charge in [-0.25, -0.2) is 8.78 Å². The number of rotatable bonds is 10. The maximum Gasteiger partial charge on any atom is 0.290 e. The molecular formula is C28H37F2N3O5. The van der Waals surface area contributed by atoms with E-state index in [1.54, 1.807) is 0 Å². The lowest BCUT2D eigenvalue weighted by atomic mass is 9.81. The van der Waals surface area contributed by atoms with Crippen molar-refractivity contribution in [3.63, 3.8) is 0 Å². The molecular weight excluding hydrogens is 496 g/mol. The van der Waals surface area contributed by atoms with E-state index in [0.717, 1.165) is 44.4 Å². The first-order valence-corrected chi connectivity index (χ1v) is 13.4. The first kappa shape index (κ1) is 28.0. The lowest BCUT2D eigenvalue weighted by Gasteiger charge is -2.26. The number of carboxylic acid groups (broad SMARTS) is 1. The van der Waals surface area contributed by atoms with E-state index in [-0.39, 0.29) is 53.4 Å². The minimum Gasteiger partial charge on any atom is -0.497 e. The predicted molar refractivity (Wildman–Crippen MR) is 136 cm³/mol. The van der Waals surface area contributed by atoms with Gasteiger partial charge in [-0.1, -0.05) is 12.2 Å². The SMILES string of the molecule is COc1cc(F)c(CNC(=O)[C@H]2[C@H](C(=O)NCCCCN3CCCC3)[C@H]3C=C[C@@H]2C32CC2)c(F)c1.O=CO. The molecule has 208 valence electrons. The molecule has 3 aliphatic carbocycles. The molecule has 1 spiro atoms. The Balaban J connectivity index is 0.00000107. The van der Waals surface area contributed by atoms with E-state index in [2.05, 4.69) is 27.7 Å². The van der Waals surface area contributed by atoms with E-state index in [9.17, 15) is 18.4 Å². The van der Waals surface area contributed by atoms with Gasteiger partial charge in [-0.3, -0.25) is 14.4 Å². The van der Waals surface area contributed by atoms with Crippen molar-refractivity contribution < 1.29 is 33.0 Å². The molecule has 1 aromatic carbocycles. The number of hydrogen-bond donors (Lipinski definition) is 3. The topological polar surface area (TPSA) is 108 Å². The van der Waals surface area contributed by atoms with Gasteiger partial charge >= 0.3 is 0 Å². The van der Waals surface area contributed by atoms with Gasteiger partial charge in [-0.05, 0) is 75.4 Å². The number of methoxy groups -OCH3 is 1. The molecule has 0 unspecified atom stereocenters. The molecule has 38 heavy (non-hydrogen) atoms. The second-order valence-corrected chi connectivity index (χ2v) is 10.7. The molecule has 4 aliphatic rings. The number of halogens is 2. The fourth-order valence-corrected chi connectivity index (χ4v) is 6.67. The smallest absolute Gasteiger partial charge is 0.290 e. The molecule has 4 atom stereocenters. The second kappa shape index (κ2) is 12.2. The Kier molecular flexibility index (Phi) is 9.02. The molecule has 1 aliphatic heterocycles. The Hall–Kier alpha value is -3.01. The van der Waals surface area contributed by atoms with E-state index in [0.29, 0.717) is 6.54 Å². The van der Waals surface area contributed by atoms with Crippen LogP contribution in [0.4, 0.5) is 8.78 Å². The molecule has 2 saturated carbocycles. The number of ether oxygens (including phenoxy) is 1. The number of hydrogen-bond acceptors (Lipinski definition) is 5. The molecule has 8 nitrogen and oxygen atoms in total. The van der Waals surface area contributed by atoms with Crippen LogP contribution in [0.3, 0.4) is 0 Å². The summed E-state index contributed by atoms with van der Waals surface area (Å²) < 4.78 is 33.6. The highest BCUT2D eigenvalue weighted by Crippen LogP contribution is 2.72. The van der Waals surface area contributed by atoms with Crippen LogP contribution in [-0.4, -0.2) is 61.6 Å². The maximum atomic E-state index is 14.4. The number of unbranched alkanes of at least 4 members (excludes halogenated alkanes) is 1. The van der Waals surface area contributed by atoms with Crippen molar-refractivity contribution >= 4 is 18.3 Å². The van der Waals surface area contributed by atoms with Crippen molar-refractivity contribution in [2.24, 2.45) is 29.1 Å². The molecule has 10 heteroatoms. The van der Waals surface area contributed by atoms with Gasteiger partial charge in [0.15, 0.2) is 0 Å². The van der Waals surface area contributed by atoms with Crippen molar-refractivity contribution in [2.75, 3.05) is 33.3 Å². The fraction of sp³-hybridized carbons (Fsp3) is 0.607. The third kappa shape index (κ3) is 5.70. The number of amides is 2. The van der Waals surface area contributed by atoms with Crippen LogP contribution >= 0.6 is 0 Å². The number of carbonyl (C=O) groups is 3. The molecule has 0 radical (unpaired) electrons. The summed E-state index contributed by atoms with van der Waals surface area (Å²) in [4.78, 5) is 37.4. The molecule has 2 amide bonds. The quantitative estimate of drug-likeness (QED) is 0.242. The van der Waals surface area contributed by atoms with Gasteiger partial charge in [-0.15, -0.1) is 0 Å². The molecule has 1 heterocycles. The van der Waals surface area contributed by atoms with Crippen LogP contribution in [0.1, 0.15) is 44.1 Å². The Morgan fingerprint density at radius 1 is 1.05 bits per heavy atom. The monoisotopic (exact) mass is 533 g/mol.